The molecular weight excluding hydrogens is 398 g/mol. The van der Waals surface area contributed by atoms with Crippen molar-refractivity contribution in [2.75, 3.05) is 39.3 Å². The first-order chi connectivity index (χ1) is 15.0. The molecule has 2 aromatic rings. The molecule has 0 N–H and O–H groups in total. The highest BCUT2D eigenvalue weighted by atomic mass is 16.6. The molecule has 0 atom stereocenters. The monoisotopic (exact) mass is 427 g/mol. The number of aromatic nitrogens is 1. The van der Waals surface area contributed by atoms with Gasteiger partial charge in [-0.15, -0.1) is 0 Å². The predicted octanol–water partition coefficient (Wildman–Crippen LogP) is 2.77. The standard InChI is InChI=1S/C22H29N5O4/c1-17-6-8-26(9-7-17)22(28)20-16-31-21(23-20)15-25-12-10-24(11-13-25)14-18-2-4-19(5-3-18)27(29)30/h2-5,16-17H,6-15H2,1H3. The van der Waals surface area contributed by atoms with Crippen molar-refractivity contribution in [3.8, 4) is 0 Å². The third-order valence-corrected chi connectivity index (χ3v) is 6.22. The second kappa shape index (κ2) is 9.57. The van der Waals surface area contributed by atoms with E-state index >= 15 is 0 Å². The summed E-state index contributed by atoms with van der Waals surface area (Å²) in [5.74, 6) is 1.23. The molecule has 2 fully saturated rings. The van der Waals surface area contributed by atoms with Crippen molar-refractivity contribution in [1.82, 2.24) is 19.7 Å². The molecular formula is C22H29N5O4. The number of nitrogens with zero attached hydrogens (tertiary/aromatic N) is 5. The van der Waals surface area contributed by atoms with Gasteiger partial charge in [0.2, 0.25) is 5.89 Å². The zero-order valence-electron chi connectivity index (χ0n) is 17.9. The number of nitro groups is 1. The number of carbonyl (C=O) groups excluding carboxylic acids is 1. The minimum absolute atomic E-state index is 0.0326. The maximum absolute atomic E-state index is 12.6. The van der Waals surface area contributed by atoms with E-state index in [9.17, 15) is 14.9 Å². The molecule has 0 unspecified atom stereocenters. The lowest BCUT2D eigenvalue weighted by Gasteiger charge is -2.34. The first-order valence-corrected chi connectivity index (χ1v) is 10.9. The van der Waals surface area contributed by atoms with E-state index in [2.05, 4.69) is 21.7 Å². The number of carbonyl (C=O) groups is 1. The number of rotatable bonds is 6. The quantitative estimate of drug-likeness (QED) is 0.517. The number of benzene rings is 1. The summed E-state index contributed by atoms with van der Waals surface area (Å²) in [7, 11) is 0. The Balaban J connectivity index is 1.24. The van der Waals surface area contributed by atoms with Gasteiger partial charge in [-0.25, -0.2) is 4.98 Å². The Morgan fingerprint density at radius 2 is 1.68 bits per heavy atom. The highest BCUT2D eigenvalue weighted by Crippen LogP contribution is 2.19. The lowest BCUT2D eigenvalue weighted by Crippen LogP contribution is -2.45. The van der Waals surface area contributed by atoms with Gasteiger partial charge in [0, 0.05) is 57.9 Å². The van der Waals surface area contributed by atoms with Gasteiger partial charge in [0.1, 0.15) is 6.26 Å². The maximum Gasteiger partial charge on any atom is 0.275 e. The van der Waals surface area contributed by atoms with Crippen LogP contribution in [0.5, 0.6) is 0 Å². The number of piperazine rings is 1. The van der Waals surface area contributed by atoms with Gasteiger partial charge in [-0.3, -0.25) is 24.7 Å². The summed E-state index contributed by atoms with van der Waals surface area (Å²) in [6.45, 7) is 8.73. The first-order valence-electron chi connectivity index (χ1n) is 10.9. The van der Waals surface area contributed by atoms with Crippen LogP contribution in [-0.4, -0.2) is 69.8 Å². The smallest absolute Gasteiger partial charge is 0.275 e. The molecule has 0 aliphatic carbocycles. The van der Waals surface area contributed by atoms with Gasteiger partial charge in [-0.2, -0.15) is 0 Å². The van der Waals surface area contributed by atoms with Crippen molar-refractivity contribution < 1.29 is 14.1 Å². The minimum Gasteiger partial charge on any atom is -0.447 e. The van der Waals surface area contributed by atoms with Gasteiger partial charge >= 0.3 is 0 Å². The van der Waals surface area contributed by atoms with Crippen LogP contribution < -0.4 is 0 Å². The molecule has 1 aromatic heterocycles. The molecule has 31 heavy (non-hydrogen) atoms. The van der Waals surface area contributed by atoms with Crippen LogP contribution in [0.1, 0.15) is 41.7 Å². The number of likely N-dealkylation sites (tertiary alicyclic amines) is 1. The lowest BCUT2D eigenvalue weighted by molar-refractivity contribution is -0.384. The number of nitro benzene ring substituents is 1. The van der Waals surface area contributed by atoms with E-state index in [0.717, 1.165) is 64.2 Å². The third kappa shape index (κ3) is 5.48. The van der Waals surface area contributed by atoms with E-state index < -0.39 is 0 Å². The van der Waals surface area contributed by atoms with Gasteiger partial charge in [-0.1, -0.05) is 19.1 Å². The molecule has 9 heteroatoms. The molecule has 4 rings (SSSR count). The number of non-ortho nitro benzene ring substituents is 1. The fraction of sp³-hybridized carbons (Fsp3) is 0.545. The molecule has 1 amide bonds. The second-order valence-corrected chi connectivity index (χ2v) is 8.58. The zero-order chi connectivity index (χ0) is 21.8. The Labute approximate surface area is 181 Å². The van der Waals surface area contributed by atoms with Crippen LogP contribution in [0.2, 0.25) is 0 Å². The van der Waals surface area contributed by atoms with Gasteiger partial charge in [0.15, 0.2) is 5.69 Å². The molecule has 0 radical (unpaired) electrons. The van der Waals surface area contributed by atoms with Crippen molar-refractivity contribution in [1.29, 1.82) is 0 Å². The molecule has 2 aliphatic heterocycles. The second-order valence-electron chi connectivity index (χ2n) is 8.58. The summed E-state index contributed by atoms with van der Waals surface area (Å²) in [5, 5.41) is 10.8. The van der Waals surface area contributed by atoms with Crippen molar-refractivity contribution in [2.24, 2.45) is 5.92 Å². The molecule has 3 heterocycles. The molecule has 2 aliphatic rings. The molecule has 0 spiro atoms. The summed E-state index contributed by atoms with van der Waals surface area (Å²) < 4.78 is 5.58. The van der Waals surface area contributed by atoms with Gasteiger partial charge < -0.3 is 9.32 Å². The Kier molecular flexibility index (Phi) is 6.62. The first kappa shape index (κ1) is 21.5. The SMILES string of the molecule is CC1CCN(C(=O)c2coc(CN3CCN(Cc4ccc([N+](=O)[O-])cc4)CC3)n2)CC1. The Bertz CT molecular complexity index is 897. The van der Waals surface area contributed by atoms with E-state index in [4.69, 9.17) is 4.42 Å². The van der Waals surface area contributed by atoms with Crippen LogP contribution in [0.25, 0.3) is 0 Å². The Morgan fingerprint density at radius 1 is 1.06 bits per heavy atom. The Morgan fingerprint density at radius 3 is 2.29 bits per heavy atom. The van der Waals surface area contributed by atoms with E-state index in [1.54, 1.807) is 12.1 Å². The molecule has 0 saturated carbocycles. The average molecular weight is 428 g/mol. The number of hydrogen-bond donors (Lipinski definition) is 0. The largest absolute Gasteiger partial charge is 0.447 e. The van der Waals surface area contributed by atoms with Gasteiger partial charge in [0.25, 0.3) is 11.6 Å². The number of amides is 1. The summed E-state index contributed by atoms with van der Waals surface area (Å²) in [6, 6.07) is 6.74. The fourth-order valence-corrected chi connectivity index (χ4v) is 4.13. The van der Waals surface area contributed by atoms with Crippen LogP contribution in [0.3, 0.4) is 0 Å². The predicted molar refractivity (Wildman–Crippen MR) is 114 cm³/mol. The molecule has 2 saturated heterocycles. The number of piperidine rings is 1. The zero-order valence-corrected chi connectivity index (χ0v) is 17.9. The fourth-order valence-electron chi connectivity index (χ4n) is 4.13. The van der Waals surface area contributed by atoms with Crippen LogP contribution in [0.4, 0.5) is 5.69 Å². The highest BCUT2D eigenvalue weighted by molar-refractivity contribution is 5.92. The van der Waals surface area contributed by atoms with E-state index in [1.165, 1.54) is 6.26 Å². The van der Waals surface area contributed by atoms with Crippen molar-refractivity contribution in [3.63, 3.8) is 0 Å². The molecule has 0 bridgehead atoms. The minimum atomic E-state index is -0.378. The van der Waals surface area contributed by atoms with Gasteiger partial charge in [0.05, 0.1) is 11.5 Å². The highest BCUT2D eigenvalue weighted by Gasteiger charge is 2.25. The van der Waals surface area contributed by atoms with Crippen molar-refractivity contribution in [3.05, 3.63) is 57.8 Å². The van der Waals surface area contributed by atoms with Crippen LogP contribution in [0.15, 0.2) is 34.9 Å². The van der Waals surface area contributed by atoms with E-state index in [-0.39, 0.29) is 16.5 Å². The van der Waals surface area contributed by atoms with Crippen LogP contribution >= 0.6 is 0 Å². The van der Waals surface area contributed by atoms with Crippen molar-refractivity contribution >= 4 is 11.6 Å². The topological polar surface area (TPSA) is 96.0 Å². The Hall–Kier alpha value is -2.78. The molecule has 166 valence electrons. The van der Waals surface area contributed by atoms with E-state index in [0.29, 0.717) is 24.0 Å². The summed E-state index contributed by atoms with van der Waals surface area (Å²) in [6.07, 6.45) is 3.57. The lowest BCUT2D eigenvalue weighted by atomic mass is 9.99. The summed E-state index contributed by atoms with van der Waals surface area (Å²) >= 11 is 0. The molecule has 9 nitrogen and oxygen atoms in total. The molecule has 1 aromatic carbocycles. The van der Waals surface area contributed by atoms with Crippen LogP contribution in [-0.2, 0) is 13.1 Å². The summed E-state index contributed by atoms with van der Waals surface area (Å²) in [5.41, 5.74) is 1.59. The normalized spacial score (nSPS) is 18.9. The van der Waals surface area contributed by atoms with Gasteiger partial charge in [-0.05, 0) is 24.3 Å². The average Bonchev–Trinajstić information content (AvgIpc) is 3.24. The van der Waals surface area contributed by atoms with Crippen molar-refractivity contribution in [2.45, 2.75) is 32.9 Å². The number of oxazole rings is 1. The third-order valence-electron chi connectivity index (χ3n) is 6.22. The summed E-state index contributed by atoms with van der Waals surface area (Å²) in [4.78, 5) is 33.9. The maximum atomic E-state index is 12.6. The van der Waals surface area contributed by atoms with Crippen LogP contribution in [0, 0.1) is 16.0 Å². The van der Waals surface area contributed by atoms with E-state index in [1.807, 2.05) is 17.0 Å². The number of hydrogen-bond acceptors (Lipinski definition) is 7.